The van der Waals surface area contributed by atoms with E-state index >= 15 is 0 Å². The summed E-state index contributed by atoms with van der Waals surface area (Å²) in [6.07, 6.45) is 5.27. The van der Waals surface area contributed by atoms with Crippen molar-refractivity contribution >= 4 is 17.1 Å². The Morgan fingerprint density at radius 3 is 2.56 bits per heavy atom. The Hall–Kier alpha value is -2.36. The first-order chi connectivity index (χ1) is 8.74. The number of hydrogen-bond donors (Lipinski definition) is 1. The number of allylic oxidation sites excluding steroid dienone is 1. The zero-order chi connectivity index (χ0) is 13.0. The third-order valence-electron chi connectivity index (χ3n) is 2.66. The molecule has 2 rings (SSSR count). The number of pyridine rings is 1. The van der Waals surface area contributed by atoms with Crippen molar-refractivity contribution in [2.45, 2.75) is 13.3 Å². The van der Waals surface area contributed by atoms with Crippen LogP contribution in [0.4, 0.5) is 0 Å². The van der Waals surface area contributed by atoms with Gasteiger partial charge in [0, 0.05) is 18.0 Å². The third-order valence-corrected chi connectivity index (χ3v) is 2.66. The normalized spacial score (nSPS) is 12.1. The van der Waals surface area contributed by atoms with E-state index in [0.717, 1.165) is 0 Å². The van der Waals surface area contributed by atoms with Gasteiger partial charge in [-0.05, 0) is 36.2 Å². The molecule has 0 amide bonds. The summed E-state index contributed by atoms with van der Waals surface area (Å²) in [6.45, 7) is 1.90. The number of hydrogen-bond acceptors (Lipinski definition) is 3. The number of carboxylic acid groups (broad SMARTS) is 1. The van der Waals surface area contributed by atoms with Gasteiger partial charge < -0.3 is 9.52 Å². The number of carbonyl (C=O) groups is 1. The van der Waals surface area contributed by atoms with Crippen molar-refractivity contribution < 1.29 is 14.3 Å². The number of nitrogens with zero attached hydrogens (tertiary/aromatic N) is 1. The van der Waals surface area contributed by atoms with Crippen LogP contribution in [-0.2, 0) is 4.79 Å². The minimum Gasteiger partial charge on any atom is -0.478 e. The molecule has 4 nitrogen and oxygen atoms in total. The minimum absolute atomic E-state index is 0.259. The van der Waals surface area contributed by atoms with Crippen LogP contribution >= 0.6 is 0 Å². The lowest BCUT2D eigenvalue weighted by atomic mass is 9.97. The fraction of sp³-hybridized carbons (Fsp3) is 0.143. The lowest BCUT2D eigenvalue weighted by Gasteiger charge is -2.08. The molecule has 0 aliphatic heterocycles. The van der Waals surface area contributed by atoms with E-state index in [4.69, 9.17) is 4.42 Å². The minimum atomic E-state index is -0.963. The molecule has 0 saturated heterocycles. The summed E-state index contributed by atoms with van der Waals surface area (Å²) in [5, 5.41) is 9.41. The lowest BCUT2D eigenvalue weighted by molar-refractivity contribution is -0.130. The van der Waals surface area contributed by atoms with Crippen molar-refractivity contribution in [1.29, 1.82) is 0 Å². The highest BCUT2D eigenvalue weighted by Crippen LogP contribution is 2.29. The summed E-state index contributed by atoms with van der Waals surface area (Å²) in [4.78, 5) is 15.4. The molecule has 0 atom stereocenters. The van der Waals surface area contributed by atoms with Gasteiger partial charge in [-0.1, -0.05) is 6.92 Å². The summed E-state index contributed by atoms with van der Waals surface area (Å²) in [6, 6.07) is 6.88. The molecule has 1 N–H and O–H groups in total. The van der Waals surface area contributed by atoms with Crippen LogP contribution in [0, 0.1) is 0 Å². The zero-order valence-corrected chi connectivity index (χ0v) is 9.96. The molecule has 0 aliphatic carbocycles. The number of rotatable bonds is 4. The first kappa shape index (κ1) is 12.1. The average molecular weight is 243 g/mol. The van der Waals surface area contributed by atoms with E-state index in [1.54, 1.807) is 36.7 Å². The van der Waals surface area contributed by atoms with Crippen molar-refractivity contribution in [1.82, 2.24) is 4.98 Å². The highest BCUT2D eigenvalue weighted by Gasteiger charge is 2.18. The van der Waals surface area contributed by atoms with E-state index in [2.05, 4.69) is 4.98 Å². The molecule has 0 radical (unpaired) electrons. The van der Waals surface area contributed by atoms with Crippen LogP contribution in [-0.4, -0.2) is 16.1 Å². The smallest absolute Gasteiger partial charge is 0.336 e. The molecule has 0 aliphatic rings. The van der Waals surface area contributed by atoms with E-state index < -0.39 is 5.97 Å². The Balaban J connectivity index is 2.62. The van der Waals surface area contributed by atoms with Gasteiger partial charge in [0.15, 0.2) is 0 Å². The second-order valence-corrected chi connectivity index (χ2v) is 3.73. The second kappa shape index (κ2) is 5.31. The number of aliphatic carboxylic acids is 1. The zero-order valence-electron chi connectivity index (χ0n) is 9.96. The van der Waals surface area contributed by atoms with Gasteiger partial charge in [0.1, 0.15) is 5.76 Å². The second-order valence-electron chi connectivity index (χ2n) is 3.73. The van der Waals surface area contributed by atoms with Crippen LogP contribution in [0.25, 0.3) is 11.1 Å². The lowest BCUT2D eigenvalue weighted by Crippen LogP contribution is -2.03. The highest BCUT2D eigenvalue weighted by atomic mass is 16.4. The largest absolute Gasteiger partial charge is 0.478 e. The van der Waals surface area contributed by atoms with Gasteiger partial charge in [0.2, 0.25) is 0 Å². The molecule has 2 aromatic rings. The summed E-state index contributed by atoms with van der Waals surface area (Å²) >= 11 is 0. The highest BCUT2D eigenvalue weighted by molar-refractivity contribution is 6.23. The van der Waals surface area contributed by atoms with Crippen LogP contribution in [0.5, 0.6) is 0 Å². The maximum absolute atomic E-state index is 11.5. The summed E-state index contributed by atoms with van der Waals surface area (Å²) < 4.78 is 5.30. The fourth-order valence-corrected chi connectivity index (χ4v) is 1.87. The monoisotopic (exact) mass is 243 g/mol. The third kappa shape index (κ3) is 2.32. The van der Waals surface area contributed by atoms with Crippen molar-refractivity contribution in [3.8, 4) is 0 Å². The van der Waals surface area contributed by atoms with Crippen LogP contribution < -0.4 is 0 Å². The summed E-state index contributed by atoms with van der Waals surface area (Å²) in [7, 11) is 0. The topological polar surface area (TPSA) is 63.3 Å². The Labute approximate surface area is 105 Å². The molecular weight excluding hydrogens is 230 g/mol. The van der Waals surface area contributed by atoms with Crippen molar-refractivity contribution in [3.63, 3.8) is 0 Å². The van der Waals surface area contributed by atoms with E-state index in [-0.39, 0.29) is 5.57 Å². The molecule has 0 saturated carbocycles. The van der Waals surface area contributed by atoms with Crippen LogP contribution in [0.2, 0.25) is 0 Å². The molecule has 0 spiro atoms. The fourth-order valence-electron chi connectivity index (χ4n) is 1.87. The quantitative estimate of drug-likeness (QED) is 0.838. The molecular formula is C14H13NO3. The number of furan rings is 1. The van der Waals surface area contributed by atoms with E-state index in [1.165, 1.54) is 6.26 Å². The number of aromatic nitrogens is 1. The molecule has 4 heteroatoms. The molecule has 0 aromatic carbocycles. The maximum Gasteiger partial charge on any atom is 0.336 e. The van der Waals surface area contributed by atoms with Gasteiger partial charge in [0.05, 0.1) is 11.8 Å². The first-order valence-electron chi connectivity index (χ1n) is 5.64. The molecule has 0 bridgehead atoms. The Bertz CT molecular complexity index is 556. The van der Waals surface area contributed by atoms with Crippen molar-refractivity contribution in [2.24, 2.45) is 0 Å². The molecule has 18 heavy (non-hydrogen) atoms. The standard InChI is InChI=1S/C14H13NO3/c1-2-11(12-4-3-9-18-12)13(14(16)17)10-5-7-15-8-6-10/h3-9H,2H2,1H3,(H,16,17)/b13-11+. The van der Waals surface area contributed by atoms with Gasteiger partial charge in [-0.2, -0.15) is 0 Å². The van der Waals surface area contributed by atoms with Crippen LogP contribution in [0.1, 0.15) is 24.7 Å². The maximum atomic E-state index is 11.5. The molecule has 0 unspecified atom stereocenters. The predicted octanol–water partition coefficient (Wildman–Crippen LogP) is 3.08. The Morgan fingerprint density at radius 1 is 1.33 bits per heavy atom. The predicted molar refractivity (Wildman–Crippen MR) is 67.7 cm³/mol. The summed E-state index contributed by atoms with van der Waals surface area (Å²) in [5.41, 5.74) is 1.57. The Morgan fingerprint density at radius 2 is 2.06 bits per heavy atom. The van der Waals surface area contributed by atoms with Gasteiger partial charge in [0.25, 0.3) is 0 Å². The van der Waals surface area contributed by atoms with E-state index in [0.29, 0.717) is 23.3 Å². The van der Waals surface area contributed by atoms with Gasteiger partial charge in [-0.3, -0.25) is 4.98 Å². The molecule has 0 fully saturated rings. The van der Waals surface area contributed by atoms with Gasteiger partial charge >= 0.3 is 5.97 Å². The first-order valence-corrected chi connectivity index (χ1v) is 5.64. The van der Waals surface area contributed by atoms with Crippen LogP contribution in [0.15, 0.2) is 47.3 Å². The molecule has 2 heterocycles. The van der Waals surface area contributed by atoms with E-state index in [1.807, 2.05) is 6.92 Å². The van der Waals surface area contributed by atoms with Gasteiger partial charge in [-0.25, -0.2) is 4.79 Å². The molecule has 92 valence electrons. The van der Waals surface area contributed by atoms with E-state index in [9.17, 15) is 9.90 Å². The summed E-state index contributed by atoms with van der Waals surface area (Å²) in [5.74, 6) is -0.374. The van der Waals surface area contributed by atoms with Crippen LogP contribution in [0.3, 0.4) is 0 Å². The van der Waals surface area contributed by atoms with Crippen molar-refractivity contribution in [2.75, 3.05) is 0 Å². The molecule has 2 aromatic heterocycles. The van der Waals surface area contributed by atoms with Crippen molar-refractivity contribution in [3.05, 3.63) is 54.2 Å². The number of carboxylic acids is 1. The SMILES string of the molecule is CC/C(=C(\C(=O)O)c1ccncc1)c1ccco1. The average Bonchev–Trinajstić information content (AvgIpc) is 2.90. The van der Waals surface area contributed by atoms with Gasteiger partial charge in [-0.15, -0.1) is 0 Å². The Kier molecular flexibility index (Phi) is 3.57.